The van der Waals surface area contributed by atoms with Crippen molar-refractivity contribution in [1.82, 2.24) is 10.3 Å². The van der Waals surface area contributed by atoms with Gasteiger partial charge in [0.1, 0.15) is 12.1 Å². The maximum Gasteiger partial charge on any atom is 0.244 e. The second kappa shape index (κ2) is 6.56. The number of nitrogens with one attached hydrogen (secondary N) is 1. The summed E-state index contributed by atoms with van der Waals surface area (Å²) >= 11 is 0. The minimum Gasteiger partial charge on any atom is -0.445 e. The highest BCUT2D eigenvalue weighted by atomic mass is 19.1. The molecule has 4 nitrogen and oxygen atoms in total. The molecule has 0 aliphatic rings. The molecule has 0 aliphatic heterocycles. The Morgan fingerprint density at radius 2 is 2.05 bits per heavy atom. The first-order valence-corrected chi connectivity index (χ1v) is 7.01. The van der Waals surface area contributed by atoms with Gasteiger partial charge in [-0.25, -0.2) is 9.37 Å². The van der Waals surface area contributed by atoms with Crippen LogP contribution in [0.1, 0.15) is 31.0 Å². The normalized spacial score (nSPS) is 11.8. The van der Waals surface area contributed by atoms with Crippen LogP contribution in [-0.4, -0.2) is 17.4 Å². The van der Waals surface area contributed by atoms with Crippen molar-refractivity contribution in [3.05, 3.63) is 59.6 Å². The molecule has 5 heteroatoms. The number of hydrogen-bond donors (Lipinski definition) is 1. The highest BCUT2D eigenvalue weighted by Gasteiger charge is 2.20. The molecule has 22 heavy (non-hydrogen) atoms. The molecule has 1 heterocycles. The van der Waals surface area contributed by atoms with E-state index in [4.69, 9.17) is 4.42 Å². The number of nitrogens with zero attached hydrogens (tertiary/aromatic N) is 1. The first-order chi connectivity index (χ1) is 10.4. The van der Waals surface area contributed by atoms with Crippen LogP contribution in [0.2, 0.25) is 0 Å². The Morgan fingerprint density at radius 3 is 2.64 bits per heavy atom. The summed E-state index contributed by atoms with van der Waals surface area (Å²) in [5.74, 6) is -0.107. The van der Waals surface area contributed by atoms with Crippen molar-refractivity contribution >= 4 is 12.0 Å². The fraction of sp³-hybridized carbons (Fsp3) is 0.294. The van der Waals surface area contributed by atoms with Crippen LogP contribution in [0.25, 0.3) is 6.08 Å². The molecule has 1 N–H and O–H groups in total. The maximum absolute atomic E-state index is 13.0. The van der Waals surface area contributed by atoms with Gasteiger partial charge in [0.05, 0.1) is 5.69 Å². The predicted octanol–water partition coefficient (Wildman–Crippen LogP) is 3.23. The van der Waals surface area contributed by atoms with E-state index >= 15 is 0 Å². The monoisotopic (exact) mass is 302 g/mol. The summed E-state index contributed by atoms with van der Waals surface area (Å²) in [6.07, 6.45) is 4.43. The molecule has 0 saturated carbocycles. The molecule has 2 aromatic rings. The van der Waals surface area contributed by atoms with Gasteiger partial charge in [0.15, 0.2) is 0 Å². The summed E-state index contributed by atoms with van der Waals surface area (Å²) in [4.78, 5) is 15.9. The molecule has 1 amide bonds. The van der Waals surface area contributed by atoms with Gasteiger partial charge in [-0.3, -0.25) is 4.79 Å². The fourth-order valence-corrected chi connectivity index (χ4v) is 1.97. The number of hydrogen-bond acceptors (Lipinski definition) is 3. The molecular formula is C17H19FN2O2. The summed E-state index contributed by atoms with van der Waals surface area (Å²) in [7, 11) is 0. The molecule has 0 aliphatic carbocycles. The summed E-state index contributed by atoms with van der Waals surface area (Å²) in [6.45, 7) is 6.22. The molecule has 1 aromatic carbocycles. The molecular weight excluding hydrogens is 283 g/mol. The molecule has 2 rings (SSSR count). The van der Waals surface area contributed by atoms with E-state index in [-0.39, 0.29) is 17.1 Å². The number of carbonyl (C=O) groups is 1. The van der Waals surface area contributed by atoms with Gasteiger partial charge < -0.3 is 9.73 Å². The zero-order valence-corrected chi connectivity index (χ0v) is 12.9. The van der Waals surface area contributed by atoms with Crippen molar-refractivity contribution in [2.24, 2.45) is 0 Å². The van der Waals surface area contributed by atoms with Crippen molar-refractivity contribution in [2.75, 3.05) is 6.54 Å². The van der Waals surface area contributed by atoms with Gasteiger partial charge >= 0.3 is 0 Å². The Bertz CT molecular complexity index is 672. The molecule has 0 fully saturated rings. The van der Waals surface area contributed by atoms with Gasteiger partial charge in [-0.1, -0.05) is 26.0 Å². The van der Waals surface area contributed by atoms with Crippen LogP contribution >= 0.6 is 0 Å². The van der Waals surface area contributed by atoms with Crippen LogP contribution in [0, 0.1) is 12.7 Å². The van der Waals surface area contributed by atoms with E-state index in [0.29, 0.717) is 12.4 Å². The van der Waals surface area contributed by atoms with Gasteiger partial charge in [-0.05, 0) is 24.6 Å². The molecule has 0 bridgehead atoms. The van der Waals surface area contributed by atoms with Crippen molar-refractivity contribution in [2.45, 2.75) is 26.2 Å². The number of amides is 1. The second-order valence-electron chi connectivity index (χ2n) is 5.77. The van der Waals surface area contributed by atoms with E-state index in [9.17, 15) is 9.18 Å². The molecule has 1 aromatic heterocycles. The van der Waals surface area contributed by atoms with E-state index in [1.165, 1.54) is 30.5 Å². The van der Waals surface area contributed by atoms with E-state index < -0.39 is 0 Å². The number of aryl methyl sites for hydroxylation is 1. The Labute approximate surface area is 129 Å². The quantitative estimate of drug-likeness (QED) is 0.863. The zero-order chi connectivity index (χ0) is 16.2. The molecule has 0 spiro atoms. The van der Waals surface area contributed by atoms with Crippen LogP contribution in [-0.2, 0) is 10.2 Å². The lowest BCUT2D eigenvalue weighted by molar-refractivity contribution is -0.116. The second-order valence-corrected chi connectivity index (χ2v) is 5.77. The van der Waals surface area contributed by atoms with Gasteiger partial charge in [0.25, 0.3) is 0 Å². The minimum absolute atomic E-state index is 0.231. The van der Waals surface area contributed by atoms with Gasteiger partial charge in [-0.15, -0.1) is 0 Å². The lowest BCUT2D eigenvalue weighted by Crippen LogP contribution is -2.35. The number of halogens is 1. The molecule has 0 atom stereocenters. The van der Waals surface area contributed by atoms with E-state index in [0.717, 1.165) is 11.3 Å². The first kappa shape index (κ1) is 15.9. The van der Waals surface area contributed by atoms with Crippen LogP contribution < -0.4 is 5.32 Å². The summed E-state index contributed by atoms with van der Waals surface area (Å²) < 4.78 is 18.1. The number of rotatable bonds is 5. The van der Waals surface area contributed by atoms with Gasteiger partial charge in [0.2, 0.25) is 11.8 Å². The summed E-state index contributed by atoms with van der Waals surface area (Å²) in [6, 6.07) is 6.30. The Morgan fingerprint density at radius 1 is 1.36 bits per heavy atom. The molecule has 0 saturated heterocycles. The van der Waals surface area contributed by atoms with E-state index in [1.54, 1.807) is 12.1 Å². The topological polar surface area (TPSA) is 55.1 Å². The average Bonchev–Trinajstić information content (AvgIpc) is 2.89. The lowest BCUT2D eigenvalue weighted by atomic mass is 9.84. The third-order valence-electron chi connectivity index (χ3n) is 3.34. The van der Waals surface area contributed by atoms with Crippen LogP contribution in [0.4, 0.5) is 4.39 Å². The molecule has 0 radical (unpaired) electrons. The standard InChI is InChI=1S/C17H19FN2O2/c1-12-10-22-16(20-12)9-8-15(21)19-11-17(2,3)13-4-6-14(18)7-5-13/h4-10H,11H2,1-3H3,(H,19,21)/b9-8+. The minimum atomic E-state index is -0.295. The van der Waals surface area contributed by atoms with Gasteiger partial charge in [0, 0.05) is 24.1 Å². The highest BCUT2D eigenvalue weighted by molar-refractivity contribution is 5.91. The number of benzene rings is 1. The average molecular weight is 302 g/mol. The lowest BCUT2D eigenvalue weighted by Gasteiger charge is -2.25. The predicted molar refractivity (Wildman–Crippen MR) is 82.7 cm³/mol. The summed E-state index contributed by atoms with van der Waals surface area (Å²) in [5.41, 5.74) is 1.43. The van der Waals surface area contributed by atoms with Crippen LogP contribution in [0.5, 0.6) is 0 Å². The van der Waals surface area contributed by atoms with Crippen molar-refractivity contribution < 1.29 is 13.6 Å². The zero-order valence-electron chi connectivity index (χ0n) is 12.9. The first-order valence-electron chi connectivity index (χ1n) is 7.01. The summed E-state index contributed by atoms with van der Waals surface area (Å²) in [5, 5.41) is 2.82. The fourth-order valence-electron chi connectivity index (χ4n) is 1.97. The third-order valence-corrected chi connectivity index (χ3v) is 3.34. The van der Waals surface area contributed by atoms with Crippen molar-refractivity contribution in [1.29, 1.82) is 0 Å². The Balaban J connectivity index is 1.92. The van der Waals surface area contributed by atoms with Crippen molar-refractivity contribution in [3.8, 4) is 0 Å². The molecule has 116 valence electrons. The number of aromatic nitrogens is 1. The Kier molecular flexibility index (Phi) is 4.75. The number of oxazole rings is 1. The SMILES string of the molecule is Cc1coc(/C=C/C(=O)NCC(C)(C)c2ccc(F)cc2)n1. The Hall–Kier alpha value is -2.43. The highest BCUT2D eigenvalue weighted by Crippen LogP contribution is 2.22. The van der Waals surface area contributed by atoms with Crippen molar-refractivity contribution in [3.63, 3.8) is 0 Å². The van der Waals surface area contributed by atoms with E-state index in [2.05, 4.69) is 10.3 Å². The third kappa shape index (κ3) is 4.28. The maximum atomic E-state index is 13.0. The van der Waals surface area contributed by atoms with Crippen LogP contribution in [0.3, 0.4) is 0 Å². The largest absolute Gasteiger partial charge is 0.445 e. The van der Waals surface area contributed by atoms with Crippen LogP contribution in [0.15, 0.2) is 41.0 Å². The van der Waals surface area contributed by atoms with Gasteiger partial charge in [-0.2, -0.15) is 0 Å². The number of carbonyl (C=O) groups excluding carboxylic acids is 1. The van der Waals surface area contributed by atoms with E-state index in [1.807, 2.05) is 20.8 Å². The molecule has 0 unspecified atom stereocenters. The smallest absolute Gasteiger partial charge is 0.244 e.